The molecule has 1 heterocycles. The van der Waals surface area contributed by atoms with Gasteiger partial charge in [-0.15, -0.1) is 0 Å². The van der Waals surface area contributed by atoms with Crippen LogP contribution in [0.25, 0.3) is 0 Å². The van der Waals surface area contributed by atoms with E-state index in [4.69, 9.17) is 4.74 Å². The monoisotopic (exact) mass is 259 g/mol. The van der Waals surface area contributed by atoms with Crippen molar-refractivity contribution in [3.63, 3.8) is 0 Å². The van der Waals surface area contributed by atoms with Crippen molar-refractivity contribution in [3.8, 4) is 0 Å². The first kappa shape index (κ1) is 12.4. The van der Waals surface area contributed by atoms with Gasteiger partial charge in [0.05, 0.1) is 19.1 Å². The Hall–Kier alpha value is -1.68. The maximum Gasteiger partial charge on any atom is 0.230 e. The Morgan fingerprint density at radius 1 is 1.32 bits per heavy atom. The molecule has 0 aromatic heterocycles. The number of ketones is 1. The lowest BCUT2D eigenvalue weighted by atomic mass is 9.95. The minimum Gasteiger partial charge on any atom is -0.378 e. The van der Waals surface area contributed by atoms with Gasteiger partial charge in [0.2, 0.25) is 5.91 Å². The molecule has 3 rings (SSSR count). The van der Waals surface area contributed by atoms with Crippen LogP contribution in [-0.2, 0) is 9.53 Å². The first-order valence-electron chi connectivity index (χ1n) is 6.67. The topological polar surface area (TPSA) is 46.6 Å². The number of hydrogen-bond donors (Lipinski definition) is 0. The second-order valence-electron chi connectivity index (χ2n) is 5.15. The van der Waals surface area contributed by atoms with Crippen LogP contribution in [-0.4, -0.2) is 42.9 Å². The number of hydrogen-bond acceptors (Lipinski definition) is 3. The first-order chi connectivity index (χ1) is 9.18. The van der Waals surface area contributed by atoms with E-state index in [0.717, 1.165) is 16.7 Å². The number of fused-ring (bicyclic) bond motifs is 1. The van der Waals surface area contributed by atoms with Crippen LogP contribution >= 0.6 is 0 Å². The molecule has 4 nitrogen and oxygen atoms in total. The van der Waals surface area contributed by atoms with E-state index in [-0.39, 0.29) is 17.6 Å². The van der Waals surface area contributed by atoms with E-state index in [1.54, 1.807) is 0 Å². The molecule has 0 spiro atoms. The summed E-state index contributed by atoms with van der Waals surface area (Å²) in [4.78, 5) is 26.4. The fraction of sp³-hybridized carbons (Fsp3) is 0.467. The number of carbonyl (C=O) groups excluding carboxylic acids is 2. The molecule has 1 aromatic rings. The van der Waals surface area contributed by atoms with Crippen molar-refractivity contribution in [1.82, 2.24) is 4.90 Å². The van der Waals surface area contributed by atoms with Crippen LogP contribution in [0.3, 0.4) is 0 Å². The normalized spacial score (nSPS) is 22.5. The van der Waals surface area contributed by atoms with E-state index in [0.29, 0.717) is 32.7 Å². The molecule has 1 saturated heterocycles. The fourth-order valence-electron chi connectivity index (χ4n) is 3.00. The summed E-state index contributed by atoms with van der Waals surface area (Å²) in [5.74, 6) is -0.128. The Morgan fingerprint density at radius 2 is 2.05 bits per heavy atom. The van der Waals surface area contributed by atoms with Crippen LogP contribution in [0.1, 0.15) is 33.8 Å². The predicted molar refractivity (Wildman–Crippen MR) is 70.3 cm³/mol. The van der Waals surface area contributed by atoms with Crippen molar-refractivity contribution < 1.29 is 14.3 Å². The van der Waals surface area contributed by atoms with Gasteiger partial charge in [0.1, 0.15) is 0 Å². The number of benzene rings is 1. The maximum absolute atomic E-state index is 12.6. The van der Waals surface area contributed by atoms with Crippen LogP contribution in [0.2, 0.25) is 0 Å². The molecule has 0 radical (unpaired) electrons. The van der Waals surface area contributed by atoms with Gasteiger partial charge in [0.15, 0.2) is 5.78 Å². The number of ether oxygens (including phenoxy) is 1. The third-order valence-corrected chi connectivity index (χ3v) is 3.98. The second kappa shape index (κ2) is 4.78. The highest BCUT2D eigenvalue weighted by molar-refractivity contribution is 6.07. The van der Waals surface area contributed by atoms with E-state index in [1.165, 1.54) is 0 Å². The molecular formula is C15H17NO3. The number of carbonyl (C=O) groups is 2. The van der Waals surface area contributed by atoms with E-state index in [2.05, 4.69) is 0 Å². The Labute approximate surface area is 112 Å². The van der Waals surface area contributed by atoms with E-state index >= 15 is 0 Å². The Balaban J connectivity index is 1.91. The molecule has 1 fully saturated rings. The number of rotatable bonds is 1. The average Bonchev–Trinajstić information content (AvgIpc) is 2.78. The summed E-state index contributed by atoms with van der Waals surface area (Å²) in [6.45, 7) is 4.41. The highest BCUT2D eigenvalue weighted by Gasteiger charge is 2.37. The summed E-state index contributed by atoms with van der Waals surface area (Å²) in [7, 11) is 0. The molecule has 19 heavy (non-hydrogen) atoms. The molecule has 1 amide bonds. The van der Waals surface area contributed by atoms with Gasteiger partial charge in [0, 0.05) is 25.1 Å². The molecule has 1 aliphatic carbocycles. The lowest BCUT2D eigenvalue weighted by Crippen LogP contribution is -2.42. The molecule has 0 bridgehead atoms. The molecule has 1 aliphatic heterocycles. The van der Waals surface area contributed by atoms with Gasteiger partial charge >= 0.3 is 0 Å². The van der Waals surface area contributed by atoms with Crippen molar-refractivity contribution in [1.29, 1.82) is 0 Å². The molecule has 0 N–H and O–H groups in total. The van der Waals surface area contributed by atoms with E-state index in [1.807, 2.05) is 30.0 Å². The number of amides is 1. The molecule has 4 heteroatoms. The molecule has 1 aromatic carbocycles. The average molecular weight is 259 g/mol. The smallest absolute Gasteiger partial charge is 0.230 e. The van der Waals surface area contributed by atoms with Crippen LogP contribution in [0, 0.1) is 6.92 Å². The van der Waals surface area contributed by atoms with Crippen LogP contribution in [0.5, 0.6) is 0 Å². The van der Waals surface area contributed by atoms with Gasteiger partial charge in [0.25, 0.3) is 0 Å². The summed E-state index contributed by atoms with van der Waals surface area (Å²) in [5.41, 5.74) is 2.70. The second-order valence-corrected chi connectivity index (χ2v) is 5.15. The lowest BCUT2D eigenvalue weighted by Gasteiger charge is -2.29. The molecular weight excluding hydrogens is 242 g/mol. The number of nitrogens with zero attached hydrogens (tertiary/aromatic N) is 1. The minimum atomic E-state index is -0.290. The van der Waals surface area contributed by atoms with Gasteiger partial charge < -0.3 is 9.64 Å². The van der Waals surface area contributed by atoms with Crippen molar-refractivity contribution in [2.24, 2.45) is 0 Å². The van der Waals surface area contributed by atoms with Crippen LogP contribution in [0.15, 0.2) is 18.2 Å². The summed E-state index contributed by atoms with van der Waals surface area (Å²) < 4.78 is 5.27. The largest absolute Gasteiger partial charge is 0.378 e. The van der Waals surface area contributed by atoms with Crippen molar-refractivity contribution in [3.05, 3.63) is 34.9 Å². The van der Waals surface area contributed by atoms with Crippen LogP contribution in [0.4, 0.5) is 0 Å². The summed E-state index contributed by atoms with van der Waals surface area (Å²) in [5, 5.41) is 0. The zero-order valence-corrected chi connectivity index (χ0v) is 11.0. The van der Waals surface area contributed by atoms with Crippen molar-refractivity contribution in [2.45, 2.75) is 19.3 Å². The third-order valence-electron chi connectivity index (χ3n) is 3.98. The highest BCUT2D eigenvalue weighted by atomic mass is 16.5. The number of morpholine rings is 1. The number of aryl methyl sites for hydroxylation is 1. The summed E-state index contributed by atoms with van der Waals surface area (Å²) >= 11 is 0. The minimum absolute atomic E-state index is 0.0738. The van der Waals surface area contributed by atoms with Gasteiger partial charge in [-0.25, -0.2) is 0 Å². The Morgan fingerprint density at radius 3 is 2.79 bits per heavy atom. The number of Topliss-reactive ketones (excluding diaryl/α,β-unsaturated/α-hetero) is 1. The van der Waals surface area contributed by atoms with Crippen molar-refractivity contribution in [2.75, 3.05) is 26.3 Å². The van der Waals surface area contributed by atoms with Crippen LogP contribution < -0.4 is 0 Å². The van der Waals surface area contributed by atoms with Gasteiger partial charge in [-0.1, -0.05) is 18.2 Å². The Kier molecular flexibility index (Phi) is 3.11. The fourth-order valence-corrected chi connectivity index (χ4v) is 3.00. The SMILES string of the molecule is Cc1cccc2c1C(C(=O)N1CCOCC1)CC2=O. The Bertz CT molecular complexity index is 532. The quantitative estimate of drug-likeness (QED) is 0.768. The predicted octanol–water partition coefficient (Wildman–Crippen LogP) is 1.52. The maximum atomic E-state index is 12.6. The molecule has 0 saturated carbocycles. The molecule has 1 unspecified atom stereocenters. The highest BCUT2D eigenvalue weighted by Crippen LogP contribution is 2.36. The standard InChI is InChI=1S/C15H17NO3/c1-10-3-2-4-11-13(17)9-12(14(10)11)15(18)16-5-7-19-8-6-16/h2-4,12H,5-9H2,1H3. The summed E-state index contributed by atoms with van der Waals surface area (Å²) in [6.07, 6.45) is 0.316. The van der Waals surface area contributed by atoms with E-state index < -0.39 is 0 Å². The summed E-state index contributed by atoms with van der Waals surface area (Å²) in [6, 6.07) is 5.68. The van der Waals surface area contributed by atoms with Gasteiger partial charge in [-0.3, -0.25) is 9.59 Å². The molecule has 2 aliphatic rings. The molecule has 1 atom stereocenters. The van der Waals surface area contributed by atoms with E-state index in [9.17, 15) is 9.59 Å². The third kappa shape index (κ3) is 2.06. The van der Waals surface area contributed by atoms with Crippen molar-refractivity contribution >= 4 is 11.7 Å². The zero-order chi connectivity index (χ0) is 13.4. The lowest BCUT2D eigenvalue weighted by molar-refractivity contribution is -0.136. The van der Waals surface area contributed by atoms with Gasteiger partial charge in [-0.05, 0) is 18.1 Å². The first-order valence-corrected chi connectivity index (χ1v) is 6.67. The molecule has 100 valence electrons. The zero-order valence-electron chi connectivity index (χ0n) is 11.0. The van der Waals surface area contributed by atoms with Gasteiger partial charge in [-0.2, -0.15) is 0 Å².